The number of rotatable bonds is 2. The van der Waals surface area contributed by atoms with E-state index in [1.165, 1.54) is 6.07 Å². The minimum Gasteiger partial charge on any atom is -0.219 e. The molecule has 0 radical (unpaired) electrons. The topological polar surface area (TPSA) is 12.4 Å². The van der Waals surface area contributed by atoms with Gasteiger partial charge in [-0.25, -0.2) is 8.79 Å². The van der Waals surface area contributed by atoms with Crippen molar-refractivity contribution in [3.63, 3.8) is 0 Å². The molecule has 3 rings (SSSR count). The molecule has 132 valence electrons. The molecular weight excluding hydrogens is 421 g/mol. The Morgan fingerprint density at radius 2 is 1.68 bits per heavy atom. The number of nitrogens with zero attached hydrogens (tertiary/aromatic N) is 1. The molecule has 0 aliphatic carbocycles. The van der Waals surface area contributed by atoms with E-state index in [0.29, 0.717) is 22.5 Å². The highest BCUT2D eigenvalue weighted by Gasteiger charge is 2.60. The Hall–Kier alpha value is -0.950. The first-order chi connectivity index (χ1) is 11.6. The number of alkyl halides is 3. The molecule has 0 saturated heterocycles. The van der Waals surface area contributed by atoms with E-state index in [2.05, 4.69) is 4.40 Å². The SMILES string of the molecule is Fc1c(Cl)cc(C2(C(F)(F)F)CC(c3cccc(Cl)c3)=NS2)cc1Cl. The van der Waals surface area contributed by atoms with Gasteiger partial charge in [-0.3, -0.25) is 0 Å². The van der Waals surface area contributed by atoms with E-state index in [-0.39, 0.29) is 11.3 Å². The molecule has 0 aromatic heterocycles. The van der Waals surface area contributed by atoms with Gasteiger partial charge in [0.25, 0.3) is 0 Å². The summed E-state index contributed by atoms with van der Waals surface area (Å²) < 4.78 is 57.0. The lowest BCUT2D eigenvalue weighted by atomic mass is 9.89. The molecule has 1 aliphatic rings. The minimum atomic E-state index is -4.66. The molecule has 2 aromatic carbocycles. The van der Waals surface area contributed by atoms with E-state index >= 15 is 0 Å². The first-order valence-electron chi connectivity index (χ1n) is 6.87. The molecule has 0 saturated carbocycles. The summed E-state index contributed by atoms with van der Waals surface area (Å²) in [5.74, 6) is -0.955. The van der Waals surface area contributed by atoms with Crippen LogP contribution in [0.1, 0.15) is 17.5 Å². The Balaban J connectivity index is 2.07. The van der Waals surface area contributed by atoms with Gasteiger partial charge in [-0.15, -0.1) is 0 Å². The Morgan fingerprint density at radius 3 is 2.24 bits per heavy atom. The summed E-state index contributed by atoms with van der Waals surface area (Å²) in [6.45, 7) is 0. The molecular formula is C16H8Cl3F4NS. The molecule has 0 amide bonds. The average molecular weight is 429 g/mol. The van der Waals surface area contributed by atoms with Gasteiger partial charge in [0.15, 0.2) is 10.6 Å². The third kappa shape index (κ3) is 3.37. The van der Waals surface area contributed by atoms with Crippen LogP contribution in [-0.4, -0.2) is 11.9 Å². The summed E-state index contributed by atoms with van der Waals surface area (Å²) in [5.41, 5.74) is 0.481. The monoisotopic (exact) mass is 427 g/mol. The fraction of sp³-hybridized carbons (Fsp3) is 0.188. The van der Waals surface area contributed by atoms with Gasteiger partial charge >= 0.3 is 6.18 Å². The van der Waals surface area contributed by atoms with Crippen molar-refractivity contribution in [3.05, 3.63) is 68.4 Å². The van der Waals surface area contributed by atoms with Crippen molar-refractivity contribution in [2.24, 2.45) is 4.40 Å². The highest BCUT2D eigenvalue weighted by molar-refractivity contribution is 7.99. The van der Waals surface area contributed by atoms with Crippen LogP contribution in [0.25, 0.3) is 0 Å². The Bertz CT molecular complexity index is 846. The lowest BCUT2D eigenvalue weighted by molar-refractivity contribution is -0.159. The summed E-state index contributed by atoms with van der Waals surface area (Å²) in [6.07, 6.45) is -5.11. The van der Waals surface area contributed by atoms with Crippen LogP contribution in [0.3, 0.4) is 0 Å². The molecule has 9 heteroatoms. The molecule has 1 atom stereocenters. The number of benzene rings is 2. The Labute approximate surface area is 160 Å². The molecule has 25 heavy (non-hydrogen) atoms. The van der Waals surface area contributed by atoms with Crippen LogP contribution in [0.15, 0.2) is 40.8 Å². The van der Waals surface area contributed by atoms with E-state index in [4.69, 9.17) is 34.8 Å². The molecule has 0 N–H and O–H groups in total. The van der Waals surface area contributed by atoms with Gasteiger partial charge in [0, 0.05) is 11.4 Å². The molecule has 0 bridgehead atoms. The second-order valence-electron chi connectivity index (χ2n) is 5.40. The second-order valence-corrected chi connectivity index (χ2v) is 7.71. The zero-order valence-electron chi connectivity index (χ0n) is 12.2. The number of hydrogen-bond donors (Lipinski definition) is 0. The average Bonchev–Trinajstić information content (AvgIpc) is 2.98. The van der Waals surface area contributed by atoms with Crippen LogP contribution < -0.4 is 0 Å². The molecule has 1 nitrogen and oxygen atoms in total. The largest absolute Gasteiger partial charge is 0.409 e. The van der Waals surface area contributed by atoms with Crippen molar-refractivity contribution in [3.8, 4) is 0 Å². The highest BCUT2D eigenvalue weighted by atomic mass is 35.5. The van der Waals surface area contributed by atoms with Crippen LogP contribution in [0.2, 0.25) is 15.1 Å². The lowest BCUT2D eigenvalue weighted by Gasteiger charge is -2.30. The number of halogens is 7. The molecule has 1 heterocycles. The van der Waals surface area contributed by atoms with Gasteiger partial charge in [-0.05, 0) is 47.3 Å². The van der Waals surface area contributed by atoms with Crippen LogP contribution in [0.5, 0.6) is 0 Å². The molecule has 0 fully saturated rings. The minimum absolute atomic E-state index is 0.237. The third-order valence-electron chi connectivity index (χ3n) is 3.79. The quantitative estimate of drug-likeness (QED) is 0.283. The van der Waals surface area contributed by atoms with Crippen molar-refractivity contribution < 1.29 is 17.6 Å². The maximum Gasteiger partial charge on any atom is 0.409 e. The zero-order valence-corrected chi connectivity index (χ0v) is 15.3. The summed E-state index contributed by atoms with van der Waals surface area (Å²) >= 11 is 17.6. The zero-order chi connectivity index (χ0) is 18.4. The van der Waals surface area contributed by atoms with E-state index in [9.17, 15) is 17.6 Å². The lowest BCUT2D eigenvalue weighted by Crippen LogP contribution is -2.38. The summed E-state index contributed by atoms with van der Waals surface area (Å²) in [5, 5.41) is -0.548. The van der Waals surface area contributed by atoms with Crippen molar-refractivity contribution in [1.29, 1.82) is 0 Å². The van der Waals surface area contributed by atoms with E-state index < -0.39 is 33.2 Å². The molecule has 1 aliphatic heterocycles. The van der Waals surface area contributed by atoms with Crippen molar-refractivity contribution in [1.82, 2.24) is 0 Å². The molecule has 0 spiro atoms. The van der Waals surface area contributed by atoms with Crippen LogP contribution in [0, 0.1) is 5.82 Å². The maximum atomic E-state index is 13.9. The summed E-state index contributed by atoms with van der Waals surface area (Å²) in [4.78, 5) is 0. The Morgan fingerprint density at radius 1 is 1.04 bits per heavy atom. The standard InChI is InChI=1S/C16H8Cl3F4NS/c17-10-3-1-2-8(4-10)13-7-15(25-24-13,16(21,22)23)9-5-11(18)14(20)12(19)6-9/h1-6H,7H2. The molecule has 1 unspecified atom stereocenters. The van der Waals surface area contributed by atoms with Crippen molar-refractivity contribution in [2.75, 3.05) is 0 Å². The predicted octanol–water partition coefficient (Wildman–Crippen LogP) is 7.08. The van der Waals surface area contributed by atoms with E-state index in [0.717, 1.165) is 12.1 Å². The highest BCUT2D eigenvalue weighted by Crippen LogP contribution is 2.57. The van der Waals surface area contributed by atoms with E-state index in [1.54, 1.807) is 18.2 Å². The number of hydrogen-bond acceptors (Lipinski definition) is 2. The third-order valence-corrected chi connectivity index (χ3v) is 5.81. The fourth-order valence-corrected chi connectivity index (χ4v) is 4.16. The van der Waals surface area contributed by atoms with Gasteiger partial charge in [0.2, 0.25) is 0 Å². The van der Waals surface area contributed by atoms with Gasteiger partial charge in [0.05, 0.1) is 15.8 Å². The van der Waals surface area contributed by atoms with Crippen molar-refractivity contribution >= 4 is 52.5 Å². The Kier molecular flexibility index (Phi) is 5.01. The first kappa shape index (κ1) is 18.8. The van der Waals surface area contributed by atoms with Gasteiger partial charge in [-0.1, -0.05) is 46.9 Å². The van der Waals surface area contributed by atoms with Gasteiger partial charge < -0.3 is 0 Å². The predicted molar refractivity (Wildman–Crippen MR) is 94.4 cm³/mol. The maximum absolute atomic E-state index is 13.9. The first-order valence-corrected chi connectivity index (χ1v) is 8.77. The van der Waals surface area contributed by atoms with Crippen molar-refractivity contribution in [2.45, 2.75) is 17.3 Å². The van der Waals surface area contributed by atoms with Crippen LogP contribution >= 0.6 is 46.8 Å². The smallest absolute Gasteiger partial charge is 0.219 e. The molecule has 2 aromatic rings. The summed E-state index contributed by atoms with van der Waals surface area (Å²) in [7, 11) is 0. The van der Waals surface area contributed by atoms with Gasteiger partial charge in [0.1, 0.15) is 0 Å². The van der Waals surface area contributed by atoms with Crippen LogP contribution in [0.4, 0.5) is 17.6 Å². The second kappa shape index (κ2) is 6.65. The fourth-order valence-electron chi connectivity index (χ4n) is 2.52. The normalized spacial score (nSPS) is 20.7. The van der Waals surface area contributed by atoms with Crippen LogP contribution in [-0.2, 0) is 4.75 Å². The van der Waals surface area contributed by atoms with E-state index in [1.807, 2.05) is 0 Å². The van der Waals surface area contributed by atoms with Gasteiger partial charge in [-0.2, -0.15) is 13.2 Å². The summed E-state index contributed by atoms with van der Waals surface area (Å²) in [6, 6.07) is 8.30.